The molecule has 0 aromatic heterocycles. The Labute approximate surface area is 104 Å². The van der Waals surface area contributed by atoms with Crippen molar-refractivity contribution in [2.75, 3.05) is 5.32 Å². The normalized spacial score (nSPS) is 12.2. The van der Waals surface area contributed by atoms with Crippen LogP contribution in [0.15, 0.2) is 24.3 Å². The summed E-state index contributed by atoms with van der Waals surface area (Å²) in [7, 11) is 0. The minimum Gasteiger partial charge on any atom is -0.324 e. The molecule has 0 bridgehead atoms. The lowest BCUT2D eigenvalue weighted by Gasteiger charge is -2.12. The van der Waals surface area contributed by atoms with E-state index in [1.807, 2.05) is 31.2 Å². The third-order valence-electron chi connectivity index (χ3n) is 2.07. The highest BCUT2D eigenvalue weighted by atomic mass is 127. The number of nitrogens with two attached hydrogens (primary N) is 1. The highest BCUT2D eigenvalue weighted by Gasteiger charge is 2.12. The first kappa shape index (κ1) is 12.4. The Kier molecular flexibility index (Phi) is 5.04. The molecule has 3 nitrogen and oxygen atoms in total. The lowest BCUT2D eigenvalue weighted by atomic mass is 10.1. The highest BCUT2D eigenvalue weighted by molar-refractivity contribution is 14.1. The first-order chi connectivity index (χ1) is 7.15. The van der Waals surface area contributed by atoms with Crippen LogP contribution in [0, 0.1) is 3.57 Å². The van der Waals surface area contributed by atoms with E-state index in [9.17, 15) is 4.79 Å². The fraction of sp³-hybridized carbons (Fsp3) is 0.364. The Bertz CT molecular complexity index is 341. The van der Waals surface area contributed by atoms with Crippen molar-refractivity contribution in [1.82, 2.24) is 0 Å². The van der Waals surface area contributed by atoms with E-state index in [2.05, 4.69) is 27.9 Å². The summed E-state index contributed by atoms with van der Waals surface area (Å²) in [6, 6.07) is 7.23. The number of rotatable bonds is 4. The van der Waals surface area contributed by atoms with Gasteiger partial charge in [0.1, 0.15) is 0 Å². The van der Waals surface area contributed by atoms with Gasteiger partial charge in [0.05, 0.1) is 11.7 Å². The number of nitrogens with one attached hydrogen (secondary N) is 1. The Morgan fingerprint density at radius 2 is 2.20 bits per heavy atom. The number of para-hydroxylation sites is 1. The molecule has 1 aromatic carbocycles. The van der Waals surface area contributed by atoms with Gasteiger partial charge < -0.3 is 11.1 Å². The Hall–Kier alpha value is -0.620. The number of benzene rings is 1. The summed E-state index contributed by atoms with van der Waals surface area (Å²) in [5.74, 6) is -0.110. The predicted octanol–water partition coefficient (Wildman–Crippen LogP) is 2.36. The van der Waals surface area contributed by atoms with Crippen LogP contribution in [0.5, 0.6) is 0 Å². The van der Waals surface area contributed by atoms with Gasteiger partial charge >= 0.3 is 0 Å². The van der Waals surface area contributed by atoms with Gasteiger partial charge in [-0.05, 0) is 41.1 Å². The molecule has 0 saturated carbocycles. The number of carbonyl (C=O) groups excluding carboxylic acids is 1. The summed E-state index contributed by atoms with van der Waals surface area (Å²) in [4.78, 5) is 11.6. The van der Waals surface area contributed by atoms with Crippen LogP contribution in [0.1, 0.15) is 19.8 Å². The van der Waals surface area contributed by atoms with E-state index in [-0.39, 0.29) is 5.91 Å². The molecule has 4 heteroatoms. The molecule has 1 aromatic rings. The summed E-state index contributed by atoms with van der Waals surface area (Å²) >= 11 is 2.18. The van der Waals surface area contributed by atoms with E-state index >= 15 is 0 Å². The standard InChI is InChI=1S/C11H15IN2O/c1-2-5-9(13)11(15)14-10-7-4-3-6-8(10)12/h3-4,6-7,9H,2,5,13H2,1H3,(H,14,15)/t9-/m0/s1. The fourth-order valence-corrected chi connectivity index (χ4v) is 1.75. The van der Waals surface area contributed by atoms with Gasteiger partial charge in [-0.2, -0.15) is 0 Å². The van der Waals surface area contributed by atoms with E-state index < -0.39 is 6.04 Å². The number of amides is 1. The van der Waals surface area contributed by atoms with Crippen LogP contribution in [-0.4, -0.2) is 11.9 Å². The smallest absolute Gasteiger partial charge is 0.241 e. The first-order valence-corrected chi connectivity index (χ1v) is 6.04. The summed E-state index contributed by atoms with van der Waals surface area (Å²) in [6.07, 6.45) is 1.63. The molecule has 1 rings (SSSR count). The molecule has 0 spiro atoms. The zero-order valence-electron chi connectivity index (χ0n) is 8.66. The molecule has 3 N–H and O–H groups in total. The van der Waals surface area contributed by atoms with Crippen LogP contribution in [0.3, 0.4) is 0 Å². The minimum atomic E-state index is -0.411. The van der Waals surface area contributed by atoms with Gasteiger partial charge in [0.15, 0.2) is 0 Å². The molecule has 0 aliphatic rings. The van der Waals surface area contributed by atoms with Crippen molar-refractivity contribution in [3.63, 3.8) is 0 Å². The predicted molar refractivity (Wildman–Crippen MR) is 70.7 cm³/mol. The van der Waals surface area contributed by atoms with Crippen LogP contribution >= 0.6 is 22.6 Å². The largest absolute Gasteiger partial charge is 0.324 e. The number of hydrogen-bond donors (Lipinski definition) is 2. The van der Waals surface area contributed by atoms with Crippen LogP contribution in [0.2, 0.25) is 0 Å². The Morgan fingerprint density at radius 3 is 2.80 bits per heavy atom. The summed E-state index contributed by atoms with van der Waals surface area (Å²) in [6.45, 7) is 2.01. The van der Waals surface area contributed by atoms with E-state index in [1.54, 1.807) is 0 Å². The van der Waals surface area contributed by atoms with Crippen LogP contribution < -0.4 is 11.1 Å². The van der Waals surface area contributed by atoms with Crippen LogP contribution in [0.25, 0.3) is 0 Å². The second-order valence-corrected chi connectivity index (χ2v) is 4.53. The average Bonchev–Trinajstić information content (AvgIpc) is 2.21. The monoisotopic (exact) mass is 318 g/mol. The molecule has 1 atom stereocenters. The topological polar surface area (TPSA) is 55.1 Å². The zero-order valence-corrected chi connectivity index (χ0v) is 10.8. The second kappa shape index (κ2) is 6.07. The third-order valence-corrected chi connectivity index (χ3v) is 3.01. The van der Waals surface area contributed by atoms with E-state index in [1.165, 1.54) is 0 Å². The molecular formula is C11H15IN2O. The summed E-state index contributed by atoms with van der Waals surface area (Å²) < 4.78 is 1.02. The van der Waals surface area contributed by atoms with Crippen molar-refractivity contribution in [2.45, 2.75) is 25.8 Å². The van der Waals surface area contributed by atoms with Crippen molar-refractivity contribution >= 4 is 34.2 Å². The molecule has 1 amide bonds. The zero-order chi connectivity index (χ0) is 11.3. The van der Waals surface area contributed by atoms with Crippen molar-refractivity contribution in [3.8, 4) is 0 Å². The lowest BCUT2D eigenvalue weighted by molar-refractivity contribution is -0.117. The minimum absolute atomic E-state index is 0.110. The first-order valence-electron chi connectivity index (χ1n) is 4.96. The van der Waals surface area contributed by atoms with Gasteiger partial charge in [-0.3, -0.25) is 4.79 Å². The number of carbonyl (C=O) groups is 1. The number of halogens is 1. The van der Waals surface area contributed by atoms with Gasteiger partial charge in [-0.25, -0.2) is 0 Å². The number of anilines is 1. The van der Waals surface area contributed by atoms with Gasteiger partial charge in [-0.15, -0.1) is 0 Å². The van der Waals surface area contributed by atoms with E-state index in [4.69, 9.17) is 5.73 Å². The quantitative estimate of drug-likeness (QED) is 0.838. The van der Waals surface area contributed by atoms with Gasteiger partial charge in [-0.1, -0.05) is 25.5 Å². The second-order valence-electron chi connectivity index (χ2n) is 3.36. The molecule has 0 aliphatic carbocycles. The van der Waals surface area contributed by atoms with E-state index in [0.717, 1.165) is 22.1 Å². The molecule has 0 saturated heterocycles. The molecule has 0 fully saturated rings. The fourth-order valence-electron chi connectivity index (χ4n) is 1.23. The summed E-state index contributed by atoms with van der Waals surface area (Å²) in [5, 5.41) is 2.82. The van der Waals surface area contributed by atoms with Crippen molar-refractivity contribution in [1.29, 1.82) is 0 Å². The van der Waals surface area contributed by atoms with Gasteiger partial charge in [0, 0.05) is 3.57 Å². The maximum atomic E-state index is 11.6. The Balaban J connectivity index is 2.62. The maximum Gasteiger partial charge on any atom is 0.241 e. The van der Waals surface area contributed by atoms with Crippen molar-refractivity contribution < 1.29 is 4.79 Å². The van der Waals surface area contributed by atoms with Gasteiger partial charge in [0.2, 0.25) is 5.91 Å². The SMILES string of the molecule is CCC[C@H](N)C(=O)Nc1ccccc1I. The highest BCUT2D eigenvalue weighted by Crippen LogP contribution is 2.17. The van der Waals surface area contributed by atoms with Gasteiger partial charge in [0.25, 0.3) is 0 Å². The van der Waals surface area contributed by atoms with Crippen molar-refractivity contribution in [2.24, 2.45) is 5.73 Å². The molecule has 0 unspecified atom stereocenters. The number of hydrogen-bond acceptors (Lipinski definition) is 2. The van der Waals surface area contributed by atoms with E-state index in [0.29, 0.717) is 0 Å². The van der Waals surface area contributed by atoms with Crippen molar-refractivity contribution in [3.05, 3.63) is 27.8 Å². The summed E-state index contributed by atoms with van der Waals surface area (Å²) in [5.41, 5.74) is 6.54. The molecule has 0 heterocycles. The molecule has 15 heavy (non-hydrogen) atoms. The average molecular weight is 318 g/mol. The maximum absolute atomic E-state index is 11.6. The molecule has 82 valence electrons. The molecule has 0 radical (unpaired) electrons. The third kappa shape index (κ3) is 3.79. The van der Waals surface area contributed by atoms with Crippen LogP contribution in [-0.2, 0) is 4.79 Å². The Morgan fingerprint density at radius 1 is 1.53 bits per heavy atom. The van der Waals surface area contributed by atoms with Crippen LogP contribution in [0.4, 0.5) is 5.69 Å². The molecular weight excluding hydrogens is 303 g/mol. The lowest BCUT2D eigenvalue weighted by Crippen LogP contribution is -2.35. The molecule has 0 aliphatic heterocycles.